The van der Waals surface area contributed by atoms with E-state index >= 15 is 0 Å². The van der Waals surface area contributed by atoms with Gasteiger partial charge in [-0.25, -0.2) is 0 Å². The molecule has 0 radical (unpaired) electrons. The molecule has 3 heteroatoms. The third kappa shape index (κ3) is 2.05. The predicted octanol–water partition coefficient (Wildman–Crippen LogP) is 1.16. The van der Waals surface area contributed by atoms with E-state index in [9.17, 15) is 0 Å². The highest BCUT2D eigenvalue weighted by molar-refractivity contribution is 5.48. The van der Waals surface area contributed by atoms with Crippen LogP contribution in [0.2, 0.25) is 0 Å². The smallest absolute Gasteiger partial charge is 0.173 e. The maximum Gasteiger partial charge on any atom is 0.173 e. The van der Waals surface area contributed by atoms with Crippen LogP contribution in [0.5, 0.6) is 5.75 Å². The summed E-state index contributed by atoms with van der Waals surface area (Å²) in [7, 11) is 0. The van der Waals surface area contributed by atoms with Gasteiger partial charge in [0.05, 0.1) is 6.61 Å². The van der Waals surface area contributed by atoms with Gasteiger partial charge in [0.25, 0.3) is 0 Å². The van der Waals surface area contributed by atoms with Crippen LogP contribution in [-0.4, -0.2) is 11.5 Å². The largest absolute Gasteiger partial charge is 0.446 e. The van der Waals surface area contributed by atoms with Crippen LogP contribution < -0.4 is 4.74 Å². The highest BCUT2D eigenvalue weighted by atomic mass is 16.5. The molecule has 0 fully saturated rings. The average molecular weight is 151 g/mol. The lowest BCUT2D eigenvalue weighted by atomic mass is 10.2. The van der Waals surface area contributed by atoms with Gasteiger partial charge in [-0.15, -0.1) is 0 Å². The van der Waals surface area contributed by atoms with Gasteiger partial charge in [0, 0.05) is 0 Å². The molecule has 0 heterocycles. The molecule has 2 N–H and O–H groups in total. The number of hydrogen-bond acceptors (Lipinski definition) is 3. The lowest BCUT2D eigenvalue weighted by Gasteiger charge is -1.98. The summed E-state index contributed by atoms with van der Waals surface area (Å²) in [5.41, 5.74) is 0.835. The Morgan fingerprint density at radius 2 is 2.00 bits per heavy atom. The molecule has 0 spiro atoms. The minimum atomic E-state index is 0.0326. The zero-order valence-electron chi connectivity index (χ0n) is 5.95. The van der Waals surface area contributed by atoms with E-state index in [0.717, 1.165) is 12.0 Å². The van der Waals surface area contributed by atoms with E-state index in [1.165, 1.54) is 0 Å². The van der Waals surface area contributed by atoms with Crippen LogP contribution in [0.15, 0.2) is 24.3 Å². The molecular formula is C8H9NO2. The third-order valence-corrected chi connectivity index (χ3v) is 1.30. The van der Waals surface area contributed by atoms with Crippen molar-refractivity contribution in [2.75, 3.05) is 0 Å². The van der Waals surface area contributed by atoms with E-state index in [-0.39, 0.29) is 6.61 Å². The van der Waals surface area contributed by atoms with Gasteiger partial charge in [-0.05, 0) is 17.7 Å². The minimum absolute atomic E-state index is 0.0326. The van der Waals surface area contributed by atoms with Crippen molar-refractivity contribution in [3.8, 4) is 5.75 Å². The number of hydrogen-bond donors (Lipinski definition) is 2. The Morgan fingerprint density at radius 3 is 2.45 bits per heavy atom. The van der Waals surface area contributed by atoms with Gasteiger partial charge in [0.2, 0.25) is 0 Å². The highest BCUT2D eigenvalue weighted by Gasteiger charge is 1.91. The van der Waals surface area contributed by atoms with Crippen LogP contribution in [0.1, 0.15) is 5.56 Å². The molecule has 3 nitrogen and oxygen atoms in total. The molecule has 0 unspecified atom stereocenters. The van der Waals surface area contributed by atoms with Crippen LogP contribution in [0.25, 0.3) is 0 Å². The minimum Gasteiger partial charge on any atom is -0.446 e. The first kappa shape index (κ1) is 7.75. The van der Waals surface area contributed by atoms with Gasteiger partial charge in [-0.1, -0.05) is 12.1 Å². The summed E-state index contributed by atoms with van der Waals surface area (Å²) >= 11 is 0. The predicted molar refractivity (Wildman–Crippen MR) is 41.8 cm³/mol. The fourth-order valence-corrected chi connectivity index (χ4v) is 0.741. The number of aliphatic hydroxyl groups is 1. The Kier molecular flexibility index (Phi) is 2.63. The molecular weight excluding hydrogens is 142 g/mol. The molecule has 0 aromatic heterocycles. The van der Waals surface area contributed by atoms with Crippen LogP contribution in [0.3, 0.4) is 0 Å². The second-order valence-corrected chi connectivity index (χ2v) is 2.04. The van der Waals surface area contributed by atoms with Gasteiger partial charge < -0.3 is 9.84 Å². The zero-order valence-corrected chi connectivity index (χ0v) is 5.95. The molecule has 1 aromatic carbocycles. The number of ether oxygens (including phenoxy) is 1. The van der Waals surface area contributed by atoms with E-state index in [0.29, 0.717) is 5.75 Å². The van der Waals surface area contributed by atoms with E-state index in [4.69, 9.17) is 15.3 Å². The van der Waals surface area contributed by atoms with Crippen LogP contribution in [0, 0.1) is 5.41 Å². The molecule has 0 aliphatic heterocycles. The molecule has 0 saturated carbocycles. The quantitative estimate of drug-likeness (QED) is 0.503. The average Bonchev–Trinajstić information content (AvgIpc) is 2.07. The molecule has 1 rings (SSSR count). The molecule has 0 aliphatic rings. The Balaban J connectivity index is 2.74. The summed E-state index contributed by atoms with van der Waals surface area (Å²) < 4.78 is 4.77. The highest BCUT2D eigenvalue weighted by Crippen LogP contribution is 2.10. The summed E-state index contributed by atoms with van der Waals surface area (Å²) in [6.45, 7) is 0.0326. The monoisotopic (exact) mass is 151 g/mol. The van der Waals surface area contributed by atoms with Crippen molar-refractivity contribution in [3.05, 3.63) is 29.8 Å². The van der Waals surface area contributed by atoms with Gasteiger partial charge in [0.15, 0.2) is 6.40 Å². The molecule has 58 valence electrons. The standard InChI is InChI=1S/C8H9NO2/c9-6-11-8-3-1-7(5-10)2-4-8/h1-4,6,9-10H,5H2. The van der Waals surface area contributed by atoms with Crippen molar-refractivity contribution in [1.82, 2.24) is 0 Å². The summed E-state index contributed by atoms with van der Waals surface area (Å²) in [5.74, 6) is 0.609. The Labute approximate surface area is 64.8 Å². The maximum absolute atomic E-state index is 8.67. The van der Waals surface area contributed by atoms with Crippen molar-refractivity contribution >= 4 is 6.40 Å². The molecule has 11 heavy (non-hydrogen) atoms. The molecule has 0 bridgehead atoms. The van der Waals surface area contributed by atoms with Crippen LogP contribution >= 0.6 is 0 Å². The van der Waals surface area contributed by atoms with Crippen LogP contribution in [-0.2, 0) is 6.61 Å². The lowest BCUT2D eigenvalue weighted by molar-refractivity contribution is 0.282. The fraction of sp³-hybridized carbons (Fsp3) is 0.125. The molecule has 0 amide bonds. The van der Waals surface area contributed by atoms with Crippen molar-refractivity contribution < 1.29 is 9.84 Å². The fourth-order valence-electron chi connectivity index (χ4n) is 0.741. The molecule has 1 aromatic rings. The molecule has 0 saturated heterocycles. The van der Waals surface area contributed by atoms with Crippen LogP contribution in [0.4, 0.5) is 0 Å². The van der Waals surface area contributed by atoms with Crippen molar-refractivity contribution in [3.63, 3.8) is 0 Å². The van der Waals surface area contributed by atoms with Gasteiger partial charge >= 0.3 is 0 Å². The second-order valence-electron chi connectivity index (χ2n) is 2.04. The Bertz CT molecular complexity index is 230. The first-order chi connectivity index (χ1) is 5.36. The van der Waals surface area contributed by atoms with E-state index in [1.54, 1.807) is 24.3 Å². The van der Waals surface area contributed by atoms with Gasteiger partial charge in [0.1, 0.15) is 5.75 Å². The van der Waals surface area contributed by atoms with E-state index in [1.807, 2.05) is 0 Å². The summed E-state index contributed by atoms with van der Waals surface area (Å²) in [4.78, 5) is 0. The first-order valence-corrected chi connectivity index (χ1v) is 3.22. The second kappa shape index (κ2) is 3.73. The summed E-state index contributed by atoms with van der Waals surface area (Å²) in [6, 6.07) is 6.91. The van der Waals surface area contributed by atoms with Crippen molar-refractivity contribution in [2.45, 2.75) is 6.61 Å². The van der Waals surface area contributed by atoms with Gasteiger partial charge in [-0.2, -0.15) is 0 Å². The SMILES string of the molecule is N=COc1ccc(CO)cc1. The Hall–Kier alpha value is -1.35. The number of aliphatic hydroxyl groups excluding tert-OH is 1. The first-order valence-electron chi connectivity index (χ1n) is 3.22. The molecule has 0 atom stereocenters. The maximum atomic E-state index is 8.67. The lowest BCUT2D eigenvalue weighted by Crippen LogP contribution is -1.88. The van der Waals surface area contributed by atoms with E-state index < -0.39 is 0 Å². The number of benzene rings is 1. The summed E-state index contributed by atoms with van der Waals surface area (Å²) in [5, 5.41) is 15.3. The normalized spacial score (nSPS) is 9.18. The topological polar surface area (TPSA) is 53.3 Å². The number of rotatable bonds is 3. The van der Waals surface area contributed by atoms with Gasteiger partial charge in [-0.3, -0.25) is 5.41 Å². The third-order valence-electron chi connectivity index (χ3n) is 1.30. The summed E-state index contributed by atoms with van der Waals surface area (Å²) in [6.07, 6.45) is 0.869. The Morgan fingerprint density at radius 1 is 1.36 bits per heavy atom. The number of nitrogens with one attached hydrogen (secondary N) is 1. The van der Waals surface area contributed by atoms with Crippen molar-refractivity contribution in [1.29, 1.82) is 5.41 Å². The van der Waals surface area contributed by atoms with E-state index in [2.05, 4.69) is 0 Å². The van der Waals surface area contributed by atoms with Crippen molar-refractivity contribution in [2.24, 2.45) is 0 Å². The zero-order chi connectivity index (χ0) is 8.10. The molecule has 0 aliphatic carbocycles.